The van der Waals surface area contributed by atoms with Crippen LogP contribution in [0.3, 0.4) is 0 Å². The van der Waals surface area contributed by atoms with Gasteiger partial charge in [-0.2, -0.15) is 0 Å². The summed E-state index contributed by atoms with van der Waals surface area (Å²) in [5.41, 5.74) is 2.22. The average Bonchev–Trinajstić information content (AvgIpc) is 2.17. The minimum absolute atomic E-state index is 0.407. The molecule has 0 amide bonds. The summed E-state index contributed by atoms with van der Waals surface area (Å²) in [5, 5.41) is 8.86. The molecule has 0 aromatic heterocycles. The molecule has 2 nitrogen and oxygen atoms in total. The molecule has 0 radical (unpaired) electrons. The van der Waals surface area contributed by atoms with Crippen LogP contribution >= 0.6 is 0 Å². The predicted octanol–water partition coefficient (Wildman–Crippen LogP) is 2.44. The summed E-state index contributed by atoms with van der Waals surface area (Å²) in [6.07, 6.45) is 0. The fraction of sp³-hybridized carbons (Fsp3) is 0.417. The van der Waals surface area contributed by atoms with Crippen molar-refractivity contribution in [1.29, 1.82) is 0 Å². The van der Waals surface area contributed by atoms with Gasteiger partial charge in [0.2, 0.25) is 0 Å². The Morgan fingerprint density at radius 3 is 2.27 bits per heavy atom. The second-order valence-corrected chi connectivity index (χ2v) is 7.60. The Kier molecular flexibility index (Phi) is 4.09. The lowest BCUT2D eigenvalue weighted by molar-refractivity contribution is -0.138. The summed E-state index contributed by atoms with van der Waals surface area (Å²) in [6, 6.07) is 9.17. The van der Waals surface area contributed by atoms with Gasteiger partial charge in [0.05, 0.1) is 5.92 Å². The third-order valence-corrected chi connectivity index (χ3v) is 3.78. The zero-order valence-corrected chi connectivity index (χ0v) is 10.7. The quantitative estimate of drug-likeness (QED) is 0.795. The smallest absolute Gasteiger partial charge is 0.310 e. The minimum Gasteiger partial charge on any atom is -0.481 e. The zero-order valence-electron chi connectivity index (χ0n) is 9.53. The van der Waals surface area contributed by atoms with Gasteiger partial charge in [0.15, 0.2) is 0 Å². The van der Waals surface area contributed by atoms with E-state index in [1.807, 2.05) is 12.1 Å². The third kappa shape index (κ3) is 3.51. The fourth-order valence-electron chi connectivity index (χ4n) is 1.56. The van der Waals surface area contributed by atoms with Crippen molar-refractivity contribution >= 4 is 14.8 Å². The first-order chi connectivity index (χ1) is 7.00. The molecule has 0 aliphatic heterocycles. The molecule has 0 heterocycles. The van der Waals surface area contributed by atoms with Crippen LogP contribution in [0.2, 0.25) is 13.1 Å². The number of hydrogen-bond donors (Lipinski definition) is 1. The normalized spacial score (nSPS) is 12.8. The summed E-state index contributed by atoms with van der Waals surface area (Å²) in [4.78, 5) is 10.8. The third-order valence-electron chi connectivity index (χ3n) is 2.49. The van der Waals surface area contributed by atoms with E-state index >= 15 is 0 Å². The molecule has 0 fully saturated rings. The lowest BCUT2D eigenvalue weighted by Crippen LogP contribution is -2.08. The van der Waals surface area contributed by atoms with Gasteiger partial charge in [-0.1, -0.05) is 42.9 Å². The predicted molar refractivity (Wildman–Crippen MR) is 65.1 cm³/mol. The molecular weight excluding hydrogens is 204 g/mol. The summed E-state index contributed by atoms with van der Waals surface area (Å²) < 4.78 is 0. The van der Waals surface area contributed by atoms with Crippen LogP contribution in [0.25, 0.3) is 0 Å². The molecule has 0 unspecified atom stereocenters. The minimum atomic E-state index is -0.763. The van der Waals surface area contributed by atoms with Gasteiger partial charge in [0, 0.05) is 8.80 Å². The number of hydrogen-bond acceptors (Lipinski definition) is 1. The second kappa shape index (κ2) is 5.12. The summed E-state index contributed by atoms with van der Waals surface area (Å²) >= 11 is 0. The van der Waals surface area contributed by atoms with Crippen molar-refractivity contribution in [1.82, 2.24) is 0 Å². The number of rotatable bonds is 4. The van der Waals surface area contributed by atoms with Gasteiger partial charge in [-0.3, -0.25) is 4.79 Å². The summed E-state index contributed by atoms with van der Waals surface area (Å²) in [6.45, 7) is 6.34. The Bertz CT molecular complexity index is 330. The lowest BCUT2D eigenvalue weighted by atomic mass is 10.0. The van der Waals surface area contributed by atoms with E-state index in [1.165, 1.54) is 11.6 Å². The van der Waals surface area contributed by atoms with E-state index in [9.17, 15) is 4.79 Å². The van der Waals surface area contributed by atoms with Crippen molar-refractivity contribution < 1.29 is 9.90 Å². The second-order valence-electron chi connectivity index (χ2n) is 4.40. The molecular formula is C12H18O2Si. The van der Waals surface area contributed by atoms with Crippen molar-refractivity contribution in [3.8, 4) is 0 Å². The van der Waals surface area contributed by atoms with Crippen LogP contribution in [0.15, 0.2) is 24.3 Å². The molecule has 82 valence electrons. The van der Waals surface area contributed by atoms with Gasteiger partial charge in [-0.25, -0.2) is 0 Å². The van der Waals surface area contributed by atoms with E-state index in [2.05, 4.69) is 25.2 Å². The molecule has 1 aromatic rings. The lowest BCUT2D eigenvalue weighted by Gasteiger charge is -2.08. The first-order valence-electron chi connectivity index (χ1n) is 5.32. The van der Waals surface area contributed by atoms with Crippen LogP contribution in [0.4, 0.5) is 0 Å². The molecule has 1 aromatic carbocycles. The number of carboxylic acid groups (broad SMARTS) is 1. The van der Waals surface area contributed by atoms with Crippen LogP contribution in [0.5, 0.6) is 0 Å². The van der Waals surface area contributed by atoms with Gasteiger partial charge in [0.25, 0.3) is 0 Å². The first kappa shape index (κ1) is 12.0. The topological polar surface area (TPSA) is 37.3 Å². The molecule has 1 N–H and O–H groups in total. The number of carbonyl (C=O) groups is 1. The maximum atomic E-state index is 10.8. The molecule has 1 rings (SSSR count). The highest BCUT2D eigenvalue weighted by molar-refractivity contribution is 6.55. The van der Waals surface area contributed by atoms with E-state index in [4.69, 9.17) is 5.11 Å². The Balaban J connectivity index is 2.76. The Morgan fingerprint density at radius 1 is 1.33 bits per heavy atom. The molecule has 3 heteroatoms. The van der Waals surface area contributed by atoms with Crippen molar-refractivity contribution in [2.24, 2.45) is 0 Å². The maximum absolute atomic E-state index is 10.8. The van der Waals surface area contributed by atoms with Crippen LogP contribution in [0, 0.1) is 0 Å². The van der Waals surface area contributed by atoms with Crippen LogP contribution in [-0.4, -0.2) is 19.9 Å². The number of benzene rings is 1. The van der Waals surface area contributed by atoms with Gasteiger partial charge in [0.1, 0.15) is 0 Å². The fourth-order valence-corrected chi connectivity index (χ4v) is 2.77. The zero-order chi connectivity index (χ0) is 11.4. The summed E-state index contributed by atoms with van der Waals surface area (Å²) in [5.74, 6) is -1.17. The van der Waals surface area contributed by atoms with E-state index in [-0.39, 0.29) is 0 Å². The Morgan fingerprint density at radius 2 is 1.87 bits per heavy atom. The molecule has 0 spiro atoms. The van der Waals surface area contributed by atoms with Crippen LogP contribution in [-0.2, 0) is 10.8 Å². The van der Waals surface area contributed by atoms with Crippen molar-refractivity contribution in [3.63, 3.8) is 0 Å². The highest BCUT2D eigenvalue weighted by Crippen LogP contribution is 2.16. The summed E-state index contributed by atoms with van der Waals surface area (Å²) in [7, 11) is -0.574. The largest absolute Gasteiger partial charge is 0.481 e. The highest BCUT2D eigenvalue weighted by Gasteiger charge is 2.12. The van der Waals surface area contributed by atoms with E-state index in [0.717, 1.165) is 5.56 Å². The van der Waals surface area contributed by atoms with Gasteiger partial charge in [-0.15, -0.1) is 0 Å². The SMILES string of the molecule is C[C@@H](C(=O)O)c1ccc(C[SiH](C)C)cc1. The monoisotopic (exact) mass is 222 g/mol. The van der Waals surface area contributed by atoms with Crippen LogP contribution < -0.4 is 0 Å². The average molecular weight is 222 g/mol. The maximum Gasteiger partial charge on any atom is 0.310 e. The van der Waals surface area contributed by atoms with E-state index < -0.39 is 20.7 Å². The molecule has 0 saturated heterocycles. The van der Waals surface area contributed by atoms with Crippen LogP contribution in [0.1, 0.15) is 24.0 Å². The van der Waals surface area contributed by atoms with Gasteiger partial charge in [-0.05, 0) is 18.5 Å². The Labute approximate surface area is 92.6 Å². The highest BCUT2D eigenvalue weighted by atomic mass is 28.3. The number of aliphatic carboxylic acids is 1. The molecule has 0 aliphatic rings. The van der Waals surface area contributed by atoms with E-state index in [1.54, 1.807) is 6.92 Å². The van der Waals surface area contributed by atoms with Crippen molar-refractivity contribution in [2.75, 3.05) is 0 Å². The van der Waals surface area contributed by atoms with Gasteiger partial charge < -0.3 is 5.11 Å². The molecule has 0 saturated carbocycles. The van der Waals surface area contributed by atoms with E-state index in [0.29, 0.717) is 0 Å². The number of carboxylic acids is 1. The van der Waals surface area contributed by atoms with Gasteiger partial charge >= 0.3 is 5.97 Å². The molecule has 15 heavy (non-hydrogen) atoms. The molecule has 1 atom stereocenters. The molecule has 0 aliphatic carbocycles. The first-order valence-corrected chi connectivity index (χ1v) is 8.45. The Hall–Kier alpha value is -1.09. The van der Waals surface area contributed by atoms with Crippen molar-refractivity contribution in [2.45, 2.75) is 32.0 Å². The van der Waals surface area contributed by atoms with Crippen molar-refractivity contribution in [3.05, 3.63) is 35.4 Å². The molecule has 0 bridgehead atoms. The standard InChI is InChI=1S/C12H18O2Si/c1-9(12(13)14)11-6-4-10(5-7-11)8-15(2)3/h4-7,9,15H,8H2,1-3H3,(H,13,14)/t9-/m1/s1.